The molecule has 1 radical (unpaired) electrons. The van der Waals surface area contributed by atoms with Gasteiger partial charge < -0.3 is 4.74 Å². The molecule has 0 heterocycles. The fraction of sp³-hybridized carbons (Fsp3) is 0.960. The molecule has 0 aliphatic rings. The lowest BCUT2D eigenvalue weighted by atomic mass is 10.0. The van der Waals surface area contributed by atoms with Gasteiger partial charge in [0.05, 0.1) is 6.61 Å². The zero-order chi connectivity index (χ0) is 19.0. The average Bonchev–Trinajstić information content (AvgIpc) is 2.66. The quantitative estimate of drug-likeness (QED) is 0.163. The van der Waals surface area contributed by atoms with Crippen LogP contribution in [0.5, 0.6) is 0 Å². The lowest BCUT2D eigenvalue weighted by Gasteiger charge is -2.05. The molecule has 0 aliphatic heterocycles. The topological polar surface area (TPSA) is 9.23 Å². The van der Waals surface area contributed by atoms with Gasteiger partial charge in [-0.05, 0) is 12.8 Å². The van der Waals surface area contributed by atoms with E-state index >= 15 is 0 Å². The third-order valence-corrected chi connectivity index (χ3v) is 5.41. The van der Waals surface area contributed by atoms with Crippen LogP contribution in [0.2, 0.25) is 0 Å². The molecule has 0 spiro atoms. The van der Waals surface area contributed by atoms with E-state index in [0.717, 1.165) is 13.0 Å². The summed E-state index contributed by atoms with van der Waals surface area (Å²) in [5, 5.41) is 0. The standard InChI is InChI=1S/C25H51O/c1-3-5-7-9-11-12-13-14-15-16-17-19-21-23-25-26-24-22-20-18-10-8-6-4-2/h25H,3-24H2,1-2H3. The molecule has 0 atom stereocenters. The Kier molecular flexibility index (Phi) is 24.9. The molecule has 157 valence electrons. The van der Waals surface area contributed by atoms with E-state index in [2.05, 4.69) is 20.5 Å². The van der Waals surface area contributed by atoms with Crippen LogP contribution >= 0.6 is 0 Å². The largest absolute Gasteiger partial charge is 0.376 e. The highest BCUT2D eigenvalue weighted by Gasteiger charge is 1.95. The third-order valence-electron chi connectivity index (χ3n) is 5.41. The number of hydrogen-bond donors (Lipinski definition) is 0. The van der Waals surface area contributed by atoms with Gasteiger partial charge in [-0.2, -0.15) is 0 Å². The second kappa shape index (κ2) is 25.0. The molecule has 0 fully saturated rings. The molecule has 0 amide bonds. The molecule has 1 heteroatoms. The van der Waals surface area contributed by atoms with E-state index in [1.54, 1.807) is 0 Å². The van der Waals surface area contributed by atoms with Crippen LogP contribution in [-0.2, 0) is 4.74 Å². The summed E-state index contributed by atoms with van der Waals surface area (Å²) in [6.45, 7) is 7.57. The monoisotopic (exact) mass is 367 g/mol. The zero-order valence-corrected chi connectivity index (χ0v) is 18.5. The van der Waals surface area contributed by atoms with Crippen molar-refractivity contribution in [2.75, 3.05) is 6.61 Å². The Hall–Kier alpha value is -0.0400. The summed E-state index contributed by atoms with van der Waals surface area (Å²) in [6.07, 6.45) is 29.3. The molecule has 0 aromatic heterocycles. The molecule has 1 nitrogen and oxygen atoms in total. The Morgan fingerprint density at radius 3 is 1.19 bits per heavy atom. The van der Waals surface area contributed by atoms with Gasteiger partial charge in [0.25, 0.3) is 0 Å². The maximum atomic E-state index is 5.64. The molecule has 0 saturated heterocycles. The van der Waals surface area contributed by atoms with Crippen LogP contribution in [0, 0.1) is 6.61 Å². The molecule has 0 N–H and O–H groups in total. The summed E-state index contributed by atoms with van der Waals surface area (Å²) in [5.74, 6) is 0. The Balaban J connectivity index is 2.95. The second-order valence-corrected chi connectivity index (χ2v) is 8.19. The van der Waals surface area contributed by atoms with Gasteiger partial charge in [-0.1, -0.05) is 136 Å². The van der Waals surface area contributed by atoms with Crippen LogP contribution < -0.4 is 0 Å². The van der Waals surface area contributed by atoms with Crippen molar-refractivity contribution in [2.24, 2.45) is 0 Å². The number of rotatable bonds is 23. The van der Waals surface area contributed by atoms with Crippen LogP contribution in [0.1, 0.15) is 149 Å². The highest BCUT2D eigenvalue weighted by Crippen LogP contribution is 2.13. The fourth-order valence-corrected chi connectivity index (χ4v) is 3.55. The molecule has 0 saturated carbocycles. The second-order valence-electron chi connectivity index (χ2n) is 8.19. The number of hydrogen-bond acceptors (Lipinski definition) is 1. The van der Waals surface area contributed by atoms with E-state index in [1.165, 1.54) is 128 Å². The molecule has 26 heavy (non-hydrogen) atoms. The smallest absolute Gasteiger partial charge is 0.0836 e. The molecule has 0 aliphatic carbocycles. The van der Waals surface area contributed by atoms with Gasteiger partial charge in [0, 0.05) is 6.61 Å². The molecular formula is C25H51O. The van der Waals surface area contributed by atoms with Crippen molar-refractivity contribution in [2.45, 2.75) is 149 Å². The first-order valence-electron chi connectivity index (χ1n) is 12.3. The summed E-state index contributed by atoms with van der Waals surface area (Å²) in [5.41, 5.74) is 0. The van der Waals surface area contributed by atoms with Crippen LogP contribution in [0.15, 0.2) is 0 Å². The Morgan fingerprint density at radius 2 is 0.769 bits per heavy atom. The molecule has 0 aromatic rings. The van der Waals surface area contributed by atoms with E-state index in [1.807, 2.05) is 0 Å². The predicted octanol–water partition coefficient (Wildman–Crippen LogP) is 9.40. The summed E-state index contributed by atoms with van der Waals surface area (Å²) >= 11 is 0. The van der Waals surface area contributed by atoms with Gasteiger partial charge in [0.1, 0.15) is 0 Å². The minimum atomic E-state index is 0.937. The van der Waals surface area contributed by atoms with Crippen molar-refractivity contribution in [1.29, 1.82) is 0 Å². The molecule has 0 aromatic carbocycles. The lowest BCUT2D eigenvalue weighted by Crippen LogP contribution is -1.92. The molecule has 0 rings (SSSR count). The Morgan fingerprint density at radius 1 is 0.423 bits per heavy atom. The van der Waals surface area contributed by atoms with E-state index < -0.39 is 0 Å². The van der Waals surface area contributed by atoms with Gasteiger partial charge in [-0.25, -0.2) is 0 Å². The Bertz CT molecular complexity index is 202. The van der Waals surface area contributed by atoms with Crippen molar-refractivity contribution in [3.63, 3.8) is 0 Å². The normalized spacial score (nSPS) is 11.3. The van der Waals surface area contributed by atoms with E-state index in [0.29, 0.717) is 0 Å². The third kappa shape index (κ3) is 24.0. The fourth-order valence-electron chi connectivity index (χ4n) is 3.55. The van der Waals surface area contributed by atoms with Crippen molar-refractivity contribution < 1.29 is 4.74 Å². The van der Waals surface area contributed by atoms with Gasteiger partial charge in [0.15, 0.2) is 0 Å². The number of unbranched alkanes of at least 4 members (excludes halogenated alkanes) is 19. The SMILES string of the molecule is CCCCCCCCCCCCCCC[CH]OCCCCCCCCC. The minimum absolute atomic E-state index is 0.937. The van der Waals surface area contributed by atoms with Crippen molar-refractivity contribution in [3.05, 3.63) is 6.61 Å². The molecule has 0 unspecified atom stereocenters. The van der Waals surface area contributed by atoms with Gasteiger partial charge in [-0.15, -0.1) is 0 Å². The lowest BCUT2D eigenvalue weighted by molar-refractivity contribution is 0.183. The van der Waals surface area contributed by atoms with Crippen molar-refractivity contribution >= 4 is 0 Å². The number of ether oxygens (including phenoxy) is 1. The summed E-state index contributed by atoms with van der Waals surface area (Å²) in [6, 6.07) is 0. The average molecular weight is 368 g/mol. The highest BCUT2D eigenvalue weighted by atomic mass is 16.5. The maximum Gasteiger partial charge on any atom is 0.0836 e. The van der Waals surface area contributed by atoms with E-state index in [-0.39, 0.29) is 0 Å². The Labute approximate surface area is 167 Å². The maximum absolute atomic E-state index is 5.64. The molecular weight excluding hydrogens is 316 g/mol. The first-order valence-corrected chi connectivity index (χ1v) is 12.3. The van der Waals surface area contributed by atoms with Crippen LogP contribution in [0.4, 0.5) is 0 Å². The van der Waals surface area contributed by atoms with Gasteiger partial charge >= 0.3 is 0 Å². The summed E-state index contributed by atoms with van der Waals surface area (Å²) in [4.78, 5) is 0. The summed E-state index contributed by atoms with van der Waals surface area (Å²) in [7, 11) is 0. The molecule has 0 bridgehead atoms. The van der Waals surface area contributed by atoms with E-state index in [9.17, 15) is 0 Å². The summed E-state index contributed by atoms with van der Waals surface area (Å²) < 4.78 is 5.64. The minimum Gasteiger partial charge on any atom is -0.376 e. The predicted molar refractivity (Wildman–Crippen MR) is 119 cm³/mol. The highest BCUT2D eigenvalue weighted by molar-refractivity contribution is 4.54. The van der Waals surface area contributed by atoms with Crippen LogP contribution in [0.25, 0.3) is 0 Å². The van der Waals surface area contributed by atoms with Crippen LogP contribution in [-0.4, -0.2) is 6.61 Å². The van der Waals surface area contributed by atoms with Gasteiger partial charge in [-0.3, -0.25) is 0 Å². The van der Waals surface area contributed by atoms with Crippen molar-refractivity contribution in [1.82, 2.24) is 0 Å². The van der Waals surface area contributed by atoms with Crippen molar-refractivity contribution in [3.8, 4) is 0 Å². The zero-order valence-electron chi connectivity index (χ0n) is 18.5. The first kappa shape index (κ1) is 26.0. The van der Waals surface area contributed by atoms with E-state index in [4.69, 9.17) is 4.74 Å². The van der Waals surface area contributed by atoms with Gasteiger partial charge in [0.2, 0.25) is 0 Å². The van der Waals surface area contributed by atoms with Crippen LogP contribution in [0.3, 0.4) is 0 Å². The first-order chi connectivity index (χ1) is 12.9.